The number of likely N-dealkylation sites (N-methyl/N-ethyl adjacent to an activating group) is 1. The average molecular weight is 234 g/mol. The van der Waals surface area contributed by atoms with Crippen molar-refractivity contribution in [2.75, 3.05) is 19.6 Å². The molecule has 0 saturated carbocycles. The highest BCUT2D eigenvalue weighted by Crippen LogP contribution is 2.25. The normalized spacial score (nSPS) is 25.8. The molecule has 94 valence electrons. The summed E-state index contributed by atoms with van der Waals surface area (Å²) in [6.45, 7) is 6.88. The van der Waals surface area contributed by atoms with Gasteiger partial charge in [-0.3, -0.25) is 0 Å². The summed E-state index contributed by atoms with van der Waals surface area (Å²) in [6, 6.07) is 0. The fourth-order valence-electron chi connectivity index (χ4n) is 3.03. The SMILES string of the molecule is CCN1CCCC(c2nc3n(n2)CCCC3)C1. The molecule has 0 spiro atoms. The molecule has 0 aliphatic carbocycles. The van der Waals surface area contributed by atoms with Gasteiger partial charge in [-0.15, -0.1) is 0 Å². The van der Waals surface area contributed by atoms with E-state index in [-0.39, 0.29) is 0 Å². The highest BCUT2D eigenvalue weighted by molar-refractivity contribution is 5.03. The summed E-state index contributed by atoms with van der Waals surface area (Å²) in [4.78, 5) is 7.29. The highest BCUT2D eigenvalue weighted by atomic mass is 15.4. The number of aromatic nitrogens is 3. The van der Waals surface area contributed by atoms with E-state index < -0.39 is 0 Å². The third-order valence-corrected chi connectivity index (χ3v) is 4.10. The van der Waals surface area contributed by atoms with Crippen molar-refractivity contribution < 1.29 is 0 Å². The van der Waals surface area contributed by atoms with Gasteiger partial charge in [-0.1, -0.05) is 6.92 Å². The van der Waals surface area contributed by atoms with Gasteiger partial charge in [-0.05, 0) is 38.8 Å². The predicted octanol–water partition coefficient (Wildman–Crippen LogP) is 1.81. The van der Waals surface area contributed by atoms with Gasteiger partial charge in [0.05, 0.1) is 0 Å². The Morgan fingerprint density at radius 3 is 3.00 bits per heavy atom. The first-order valence-corrected chi connectivity index (χ1v) is 7.03. The Kier molecular flexibility index (Phi) is 3.14. The predicted molar refractivity (Wildman–Crippen MR) is 67.0 cm³/mol. The number of nitrogens with zero attached hydrogens (tertiary/aromatic N) is 4. The second-order valence-electron chi connectivity index (χ2n) is 5.30. The largest absolute Gasteiger partial charge is 0.303 e. The summed E-state index contributed by atoms with van der Waals surface area (Å²) in [5.74, 6) is 2.90. The van der Waals surface area contributed by atoms with Crippen molar-refractivity contribution in [3.63, 3.8) is 0 Å². The minimum atomic E-state index is 0.571. The van der Waals surface area contributed by atoms with Crippen LogP contribution in [0, 0.1) is 0 Å². The second-order valence-corrected chi connectivity index (χ2v) is 5.30. The fraction of sp³-hybridized carbons (Fsp3) is 0.846. The number of likely N-dealkylation sites (tertiary alicyclic amines) is 1. The Labute approximate surface area is 103 Å². The molecule has 4 heteroatoms. The third-order valence-electron chi connectivity index (χ3n) is 4.10. The summed E-state index contributed by atoms with van der Waals surface area (Å²) in [5, 5.41) is 4.72. The van der Waals surface area contributed by atoms with E-state index in [1.165, 1.54) is 38.1 Å². The lowest BCUT2D eigenvalue weighted by Gasteiger charge is -2.30. The van der Waals surface area contributed by atoms with Crippen molar-refractivity contribution >= 4 is 0 Å². The standard InChI is InChI=1S/C13H22N4/c1-2-16-8-5-6-11(10-16)13-14-12-7-3-4-9-17(12)15-13/h11H,2-10H2,1H3. The molecular formula is C13H22N4. The number of rotatable bonds is 2. The molecule has 3 rings (SSSR count). The summed E-state index contributed by atoms with van der Waals surface area (Å²) in [5.41, 5.74) is 0. The van der Waals surface area contributed by atoms with Gasteiger partial charge in [0.2, 0.25) is 0 Å². The van der Waals surface area contributed by atoms with Crippen molar-refractivity contribution in [2.24, 2.45) is 0 Å². The molecule has 1 aromatic heterocycles. The van der Waals surface area contributed by atoms with E-state index in [0.29, 0.717) is 5.92 Å². The molecule has 1 atom stereocenters. The molecule has 0 aromatic carbocycles. The Morgan fingerprint density at radius 1 is 1.24 bits per heavy atom. The maximum absolute atomic E-state index is 4.77. The van der Waals surface area contributed by atoms with Crippen LogP contribution in [-0.2, 0) is 13.0 Å². The molecule has 3 heterocycles. The van der Waals surface area contributed by atoms with E-state index in [4.69, 9.17) is 10.1 Å². The zero-order valence-corrected chi connectivity index (χ0v) is 10.7. The van der Waals surface area contributed by atoms with Gasteiger partial charge < -0.3 is 4.90 Å². The van der Waals surface area contributed by atoms with Gasteiger partial charge in [0, 0.05) is 25.4 Å². The van der Waals surface area contributed by atoms with Crippen LogP contribution in [0.25, 0.3) is 0 Å². The van der Waals surface area contributed by atoms with Crippen LogP contribution in [0.15, 0.2) is 0 Å². The third kappa shape index (κ3) is 2.23. The minimum absolute atomic E-state index is 0.571. The Morgan fingerprint density at radius 2 is 2.18 bits per heavy atom. The molecule has 1 saturated heterocycles. The monoisotopic (exact) mass is 234 g/mol. The summed E-state index contributed by atoms with van der Waals surface area (Å²) in [6.07, 6.45) is 6.23. The number of fused-ring (bicyclic) bond motifs is 1. The Balaban J connectivity index is 1.76. The zero-order chi connectivity index (χ0) is 11.7. The zero-order valence-electron chi connectivity index (χ0n) is 10.7. The number of hydrogen-bond acceptors (Lipinski definition) is 3. The maximum Gasteiger partial charge on any atom is 0.155 e. The van der Waals surface area contributed by atoms with Crippen LogP contribution >= 0.6 is 0 Å². The first kappa shape index (κ1) is 11.2. The molecule has 17 heavy (non-hydrogen) atoms. The molecule has 0 radical (unpaired) electrons. The molecule has 0 amide bonds. The van der Waals surface area contributed by atoms with Crippen molar-refractivity contribution in [1.29, 1.82) is 0 Å². The molecule has 2 aliphatic heterocycles. The van der Waals surface area contributed by atoms with E-state index in [0.717, 1.165) is 31.9 Å². The molecule has 4 nitrogen and oxygen atoms in total. The molecule has 1 unspecified atom stereocenters. The van der Waals surface area contributed by atoms with E-state index in [9.17, 15) is 0 Å². The van der Waals surface area contributed by atoms with Crippen LogP contribution in [0.1, 0.15) is 50.2 Å². The van der Waals surface area contributed by atoms with E-state index in [2.05, 4.69) is 16.5 Å². The average Bonchev–Trinajstić information content (AvgIpc) is 2.82. The molecule has 1 fully saturated rings. The summed E-state index contributed by atoms with van der Waals surface area (Å²) in [7, 11) is 0. The smallest absolute Gasteiger partial charge is 0.155 e. The lowest BCUT2D eigenvalue weighted by Crippen LogP contribution is -2.34. The summed E-state index contributed by atoms with van der Waals surface area (Å²) >= 11 is 0. The van der Waals surface area contributed by atoms with Crippen molar-refractivity contribution in [2.45, 2.75) is 51.5 Å². The lowest BCUT2D eigenvalue weighted by atomic mass is 9.97. The van der Waals surface area contributed by atoms with Gasteiger partial charge in [0.1, 0.15) is 5.82 Å². The molecule has 2 aliphatic rings. The minimum Gasteiger partial charge on any atom is -0.303 e. The second kappa shape index (κ2) is 4.77. The van der Waals surface area contributed by atoms with Gasteiger partial charge in [-0.25, -0.2) is 9.67 Å². The number of aryl methyl sites for hydroxylation is 2. The van der Waals surface area contributed by atoms with Crippen molar-refractivity contribution in [1.82, 2.24) is 19.7 Å². The first-order chi connectivity index (χ1) is 8.36. The van der Waals surface area contributed by atoms with E-state index >= 15 is 0 Å². The van der Waals surface area contributed by atoms with E-state index in [1.807, 2.05) is 0 Å². The van der Waals surface area contributed by atoms with Gasteiger partial charge in [-0.2, -0.15) is 5.10 Å². The van der Waals surface area contributed by atoms with Crippen LogP contribution in [-0.4, -0.2) is 39.3 Å². The Bertz CT molecular complexity index is 361. The van der Waals surface area contributed by atoms with Gasteiger partial charge >= 0.3 is 0 Å². The van der Waals surface area contributed by atoms with Crippen LogP contribution in [0.5, 0.6) is 0 Å². The molecule has 0 bridgehead atoms. The highest BCUT2D eigenvalue weighted by Gasteiger charge is 2.25. The van der Waals surface area contributed by atoms with Gasteiger partial charge in [0.15, 0.2) is 5.82 Å². The lowest BCUT2D eigenvalue weighted by molar-refractivity contribution is 0.213. The van der Waals surface area contributed by atoms with Gasteiger partial charge in [0.25, 0.3) is 0 Å². The van der Waals surface area contributed by atoms with Crippen LogP contribution in [0.4, 0.5) is 0 Å². The number of hydrogen-bond donors (Lipinski definition) is 0. The summed E-state index contributed by atoms with van der Waals surface area (Å²) < 4.78 is 2.14. The maximum atomic E-state index is 4.77. The first-order valence-electron chi connectivity index (χ1n) is 7.03. The molecule has 1 aromatic rings. The number of piperidine rings is 1. The fourth-order valence-corrected chi connectivity index (χ4v) is 3.03. The quantitative estimate of drug-likeness (QED) is 0.782. The van der Waals surface area contributed by atoms with Crippen molar-refractivity contribution in [3.8, 4) is 0 Å². The van der Waals surface area contributed by atoms with Crippen LogP contribution in [0.2, 0.25) is 0 Å². The Hall–Kier alpha value is -0.900. The van der Waals surface area contributed by atoms with Crippen LogP contribution in [0.3, 0.4) is 0 Å². The molecular weight excluding hydrogens is 212 g/mol. The topological polar surface area (TPSA) is 34.0 Å². The molecule has 0 N–H and O–H groups in total. The van der Waals surface area contributed by atoms with Crippen molar-refractivity contribution in [3.05, 3.63) is 11.6 Å². The van der Waals surface area contributed by atoms with Crippen LogP contribution < -0.4 is 0 Å². The van der Waals surface area contributed by atoms with E-state index in [1.54, 1.807) is 0 Å².